The molecule has 1 aromatic heterocycles. The third-order valence-electron chi connectivity index (χ3n) is 6.25. The second kappa shape index (κ2) is 8.17. The second-order valence-electron chi connectivity index (χ2n) is 9.04. The summed E-state index contributed by atoms with van der Waals surface area (Å²) in [6, 6.07) is 6.11. The molecule has 31 heavy (non-hydrogen) atoms. The van der Waals surface area contributed by atoms with Gasteiger partial charge >= 0.3 is 0 Å². The quantitative estimate of drug-likeness (QED) is 0.578. The molecule has 0 saturated heterocycles. The number of nitrogens with zero attached hydrogens (tertiary/aromatic N) is 5. The van der Waals surface area contributed by atoms with Gasteiger partial charge in [-0.25, -0.2) is 4.98 Å². The van der Waals surface area contributed by atoms with Gasteiger partial charge in [0.05, 0.1) is 23.0 Å². The van der Waals surface area contributed by atoms with E-state index in [9.17, 15) is 4.79 Å². The number of anilines is 5. The van der Waals surface area contributed by atoms with E-state index < -0.39 is 5.41 Å². The Labute approximate surface area is 183 Å². The van der Waals surface area contributed by atoms with Gasteiger partial charge in [-0.2, -0.15) is 4.98 Å². The number of hydrogen-bond donors (Lipinski definition) is 2. The van der Waals surface area contributed by atoms with Crippen molar-refractivity contribution in [3.63, 3.8) is 0 Å². The first-order valence-corrected chi connectivity index (χ1v) is 10.8. The molecule has 1 aliphatic heterocycles. The van der Waals surface area contributed by atoms with E-state index in [0.717, 1.165) is 35.6 Å². The number of carbonyl (C=O) groups is 1. The van der Waals surface area contributed by atoms with Gasteiger partial charge in [-0.05, 0) is 32.8 Å². The topological polar surface area (TPSA) is 99.7 Å². The highest BCUT2D eigenvalue weighted by Crippen LogP contribution is 2.40. The van der Waals surface area contributed by atoms with Gasteiger partial charge in [0, 0.05) is 38.5 Å². The van der Waals surface area contributed by atoms with Crippen molar-refractivity contribution in [3.05, 3.63) is 30.0 Å². The lowest BCUT2D eigenvalue weighted by Crippen LogP contribution is -2.45. The van der Waals surface area contributed by atoms with Crippen LogP contribution in [0.1, 0.15) is 45.1 Å². The number of fused-ring (bicyclic) bond motifs is 1. The molecule has 164 valence electrons. The van der Waals surface area contributed by atoms with Gasteiger partial charge in [-0.1, -0.05) is 25.0 Å². The maximum absolute atomic E-state index is 13.1. The van der Waals surface area contributed by atoms with Gasteiger partial charge in [0.2, 0.25) is 11.9 Å². The Morgan fingerprint density at radius 3 is 2.74 bits per heavy atom. The maximum Gasteiger partial charge on any atom is 0.234 e. The third-order valence-corrected chi connectivity index (χ3v) is 6.25. The van der Waals surface area contributed by atoms with Crippen LogP contribution >= 0.6 is 0 Å². The minimum absolute atomic E-state index is 0.0781. The minimum atomic E-state index is -0.510. The lowest BCUT2D eigenvalue weighted by atomic mass is 9.91. The summed E-state index contributed by atoms with van der Waals surface area (Å²) in [5, 5.41) is 3.26. The predicted molar refractivity (Wildman–Crippen MR) is 126 cm³/mol. The number of aromatic nitrogens is 2. The van der Waals surface area contributed by atoms with E-state index in [1.807, 2.05) is 39.1 Å². The molecule has 0 unspecified atom stereocenters. The second-order valence-corrected chi connectivity index (χ2v) is 9.04. The summed E-state index contributed by atoms with van der Waals surface area (Å²) in [4.78, 5) is 30.6. The molecule has 0 radical (unpaired) electrons. The summed E-state index contributed by atoms with van der Waals surface area (Å²) < 4.78 is 0. The van der Waals surface area contributed by atoms with E-state index in [4.69, 9.17) is 10.7 Å². The molecular formula is C23H31N7O. The number of hydrogen-bond acceptors (Lipinski definition) is 7. The molecular weight excluding hydrogens is 390 g/mol. The molecule has 0 atom stereocenters. The highest BCUT2D eigenvalue weighted by atomic mass is 16.2. The highest BCUT2D eigenvalue weighted by Gasteiger charge is 2.41. The van der Waals surface area contributed by atoms with Crippen molar-refractivity contribution in [2.75, 3.05) is 41.5 Å². The number of aliphatic imine (C=N–C) groups is 1. The number of nitrogens with two attached hydrogens (primary N) is 1. The van der Waals surface area contributed by atoms with Gasteiger partial charge in [-0.3, -0.25) is 9.79 Å². The van der Waals surface area contributed by atoms with E-state index in [1.165, 1.54) is 12.8 Å². The van der Waals surface area contributed by atoms with Gasteiger partial charge in [0.1, 0.15) is 5.69 Å². The molecule has 2 heterocycles. The highest BCUT2D eigenvalue weighted by molar-refractivity contribution is 6.01. The van der Waals surface area contributed by atoms with Gasteiger partial charge < -0.3 is 20.9 Å². The van der Waals surface area contributed by atoms with E-state index in [-0.39, 0.29) is 5.91 Å². The number of nitrogens with one attached hydrogen (secondary N) is 1. The summed E-state index contributed by atoms with van der Waals surface area (Å²) in [5.41, 5.74) is 8.69. The first-order valence-electron chi connectivity index (χ1n) is 10.8. The Bertz CT molecular complexity index is 1010. The number of nitrogen functional groups attached to an aromatic ring is 1. The molecule has 1 saturated carbocycles. The summed E-state index contributed by atoms with van der Waals surface area (Å²) in [5.74, 6) is 1.34. The zero-order valence-corrected chi connectivity index (χ0v) is 18.7. The van der Waals surface area contributed by atoms with Crippen LogP contribution in [0.2, 0.25) is 0 Å². The first kappa shape index (κ1) is 21.1. The molecule has 3 N–H and O–H groups in total. The summed E-state index contributed by atoms with van der Waals surface area (Å²) in [6.45, 7) is 4.65. The number of carbonyl (C=O) groups excluding carboxylic acids is 1. The molecule has 8 heteroatoms. The Balaban J connectivity index is 1.75. The average Bonchev–Trinajstić information content (AvgIpc) is 3.26. The van der Waals surface area contributed by atoms with Crippen molar-refractivity contribution in [1.82, 2.24) is 9.97 Å². The zero-order chi connectivity index (χ0) is 22.2. The van der Waals surface area contributed by atoms with Crippen molar-refractivity contribution in [2.45, 2.75) is 45.6 Å². The molecule has 0 bridgehead atoms. The monoisotopic (exact) mass is 421 g/mol. The Morgan fingerprint density at radius 1 is 1.29 bits per heavy atom. The molecule has 2 aliphatic rings. The molecule has 8 nitrogen and oxygen atoms in total. The fourth-order valence-corrected chi connectivity index (χ4v) is 4.59. The molecule has 0 spiro atoms. The lowest BCUT2D eigenvalue weighted by Gasteiger charge is -2.34. The van der Waals surface area contributed by atoms with Gasteiger partial charge in [-0.15, -0.1) is 0 Å². The Kier molecular flexibility index (Phi) is 5.56. The van der Waals surface area contributed by atoms with Crippen LogP contribution in [0, 0.1) is 5.41 Å². The SMILES string of the molecule is CN=Cc1cccc(Nc2ncc3c(n2)N(C2CCCC2)CC(C)(C)C(=O)N3C)c1N. The molecule has 4 rings (SSSR count). The largest absolute Gasteiger partial charge is 0.397 e. The fourth-order valence-electron chi connectivity index (χ4n) is 4.59. The smallest absolute Gasteiger partial charge is 0.234 e. The standard InChI is InChI=1S/C23H31N7O/c1-23(2)14-30(16-9-5-6-10-16)20-18(29(4)21(23)31)13-26-22(28-20)27-17-11-7-8-15(12-25-3)19(17)24/h7-8,11-13,16H,5-6,9-10,14,24H2,1-4H3,(H,26,27,28). The van der Waals surface area contributed by atoms with E-state index in [0.29, 0.717) is 24.2 Å². The minimum Gasteiger partial charge on any atom is -0.397 e. The van der Waals surface area contributed by atoms with Crippen LogP contribution in [0.4, 0.5) is 28.8 Å². The molecule has 1 aliphatic carbocycles. The van der Waals surface area contributed by atoms with Crippen LogP contribution in [-0.4, -0.2) is 48.8 Å². The van der Waals surface area contributed by atoms with Crippen LogP contribution in [-0.2, 0) is 4.79 Å². The molecule has 2 aromatic rings. The van der Waals surface area contributed by atoms with Crippen LogP contribution in [0.5, 0.6) is 0 Å². The van der Waals surface area contributed by atoms with Crippen molar-refractivity contribution in [3.8, 4) is 0 Å². The van der Waals surface area contributed by atoms with E-state index >= 15 is 0 Å². The van der Waals surface area contributed by atoms with Gasteiger partial charge in [0.15, 0.2) is 5.82 Å². The van der Waals surface area contributed by atoms with Gasteiger partial charge in [0.25, 0.3) is 0 Å². The summed E-state index contributed by atoms with van der Waals surface area (Å²) >= 11 is 0. The predicted octanol–water partition coefficient (Wildman–Crippen LogP) is 3.60. The van der Waals surface area contributed by atoms with Crippen molar-refractivity contribution >= 4 is 41.0 Å². The number of para-hydroxylation sites is 1. The van der Waals surface area contributed by atoms with E-state index in [2.05, 4.69) is 20.2 Å². The van der Waals surface area contributed by atoms with Crippen LogP contribution < -0.4 is 20.9 Å². The maximum atomic E-state index is 13.1. The number of rotatable bonds is 4. The summed E-state index contributed by atoms with van der Waals surface area (Å²) in [7, 11) is 3.52. The van der Waals surface area contributed by atoms with Crippen LogP contribution in [0.25, 0.3) is 0 Å². The Hall–Kier alpha value is -3.16. The van der Waals surface area contributed by atoms with Crippen LogP contribution in [0.15, 0.2) is 29.4 Å². The molecule has 1 amide bonds. The van der Waals surface area contributed by atoms with Crippen molar-refractivity contribution in [1.29, 1.82) is 0 Å². The van der Waals surface area contributed by atoms with E-state index in [1.54, 1.807) is 24.4 Å². The van der Waals surface area contributed by atoms with Crippen LogP contribution in [0.3, 0.4) is 0 Å². The zero-order valence-electron chi connectivity index (χ0n) is 18.7. The number of amides is 1. The first-order chi connectivity index (χ1) is 14.8. The third kappa shape index (κ3) is 3.94. The average molecular weight is 422 g/mol. The lowest BCUT2D eigenvalue weighted by molar-refractivity contribution is -0.125. The van der Waals surface area contributed by atoms with Crippen molar-refractivity contribution < 1.29 is 4.79 Å². The summed E-state index contributed by atoms with van der Waals surface area (Å²) in [6.07, 6.45) is 8.11. The number of benzene rings is 1. The Morgan fingerprint density at radius 2 is 2.03 bits per heavy atom. The fraction of sp³-hybridized carbons (Fsp3) is 0.478. The van der Waals surface area contributed by atoms with Crippen molar-refractivity contribution in [2.24, 2.45) is 10.4 Å². The normalized spacial score (nSPS) is 19.0. The molecule has 1 fully saturated rings. The molecule has 1 aromatic carbocycles.